The van der Waals surface area contributed by atoms with E-state index in [1.807, 2.05) is 6.92 Å². The van der Waals surface area contributed by atoms with Crippen LogP contribution >= 0.6 is 0 Å². The number of hydrogen-bond donors (Lipinski definition) is 3. The Morgan fingerprint density at radius 1 is 1.42 bits per heavy atom. The molecule has 1 rings (SSSR count). The second kappa shape index (κ2) is 10.0. The molecule has 7 nitrogen and oxygen atoms in total. The Morgan fingerprint density at radius 2 is 2.08 bits per heavy atom. The van der Waals surface area contributed by atoms with Gasteiger partial charge in [-0.3, -0.25) is 4.79 Å². The first-order valence-corrected chi connectivity index (χ1v) is 9.09. The van der Waals surface area contributed by atoms with E-state index in [0.29, 0.717) is 13.0 Å². The van der Waals surface area contributed by atoms with E-state index in [-0.39, 0.29) is 29.5 Å². The minimum atomic E-state index is -1.39. The molecule has 1 saturated heterocycles. The summed E-state index contributed by atoms with van der Waals surface area (Å²) < 4.78 is 10.2. The number of ether oxygens (including phenoxy) is 2. The van der Waals surface area contributed by atoms with Gasteiger partial charge in [0.2, 0.25) is 0 Å². The molecule has 0 aliphatic carbocycles. The van der Waals surface area contributed by atoms with Crippen molar-refractivity contribution in [2.75, 3.05) is 13.7 Å². The highest BCUT2D eigenvalue weighted by Crippen LogP contribution is 2.30. The van der Waals surface area contributed by atoms with Gasteiger partial charge < -0.3 is 24.8 Å². The molecule has 5 atom stereocenters. The smallest absolute Gasteiger partial charge is 0.328 e. The number of carboxylic acids is 1. The Labute approximate surface area is 155 Å². The number of carbonyl (C=O) groups is 2. The van der Waals surface area contributed by atoms with Crippen molar-refractivity contribution in [2.45, 2.75) is 70.7 Å². The molecule has 1 aliphatic heterocycles. The summed E-state index contributed by atoms with van der Waals surface area (Å²) in [5.41, 5.74) is -1.16. The van der Waals surface area contributed by atoms with Crippen molar-refractivity contribution in [1.82, 2.24) is 0 Å². The van der Waals surface area contributed by atoms with Gasteiger partial charge in [0, 0.05) is 13.2 Å². The van der Waals surface area contributed by atoms with E-state index in [1.54, 1.807) is 7.11 Å². The van der Waals surface area contributed by atoms with Crippen molar-refractivity contribution >= 4 is 11.9 Å². The number of esters is 1. The van der Waals surface area contributed by atoms with Crippen LogP contribution in [-0.4, -0.2) is 58.8 Å². The lowest BCUT2D eigenvalue weighted by atomic mass is 9.83. The zero-order valence-electron chi connectivity index (χ0n) is 16.1. The molecular weight excluding hydrogens is 340 g/mol. The topological polar surface area (TPSA) is 113 Å². The number of methoxy groups -OCH3 is 1. The molecular formula is C19H32O7. The van der Waals surface area contributed by atoms with Gasteiger partial charge in [0.15, 0.2) is 0 Å². The summed E-state index contributed by atoms with van der Waals surface area (Å²) in [6.45, 7) is 5.41. The maximum absolute atomic E-state index is 11.3. The van der Waals surface area contributed by atoms with Gasteiger partial charge in [-0.05, 0) is 44.6 Å². The molecule has 0 aromatic heterocycles. The van der Waals surface area contributed by atoms with Gasteiger partial charge in [-0.15, -0.1) is 0 Å². The summed E-state index contributed by atoms with van der Waals surface area (Å²) in [7, 11) is 1.57. The molecule has 0 bridgehead atoms. The molecule has 5 unspecified atom stereocenters. The second-order valence-corrected chi connectivity index (χ2v) is 7.62. The first-order chi connectivity index (χ1) is 12.1. The van der Waals surface area contributed by atoms with Crippen molar-refractivity contribution in [3.8, 4) is 0 Å². The van der Waals surface area contributed by atoms with E-state index in [2.05, 4.69) is 0 Å². The van der Waals surface area contributed by atoms with Crippen LogP contribution in [0.3, 0.4) is 0 Å². The third-order valence-electron chi connectivity index (χ3n) is 4.93. The van der Waals surface area contributed by atoms with E-state index in [1.165, 1.54) is 13.8 Å². The lowest BCUT2D eigenvalue weighted by Crippen LogP contribution is -2.47. The molecule has 1 fully saturated rings. The van der Waals surface area contributed by atoms with Crippen molar-refractivity contribution in [2.24, 2.45) is 11.8 Å². The van der Waals surface area contributed by atoms with Crippen LogP contribution in [0.25, 0.3) is 0 Å². The summed E-state index contributed by atoms with van der Waals surface area (Å²) in [4.78, 5) is 22.0. The zero-order chi connectivity index (χ0) is 19.9. The molecule has 0 aromatic carbocycles. The number of carboxylic acid groups (broad SMARTS) is 1. The Kier molecular flexibility index (Phi) is 8.73. The van der Waals surface area contributed by atoms with Crippen LogP contribution in [0.2, 0.25) is 0 Å². The molecule has 3 N–H and O–H groups in total. The molecule has 0 radical (unpaired) electrons. The largest absolute Gasteiger partial charge is 0.478 e. The Balaban J connectivity index is 2.34. The summed E-state index contributed by atoms with van der Waals surface area (Å²) in [5.74, 6) is -1.33. The molecule has 7 heteroatoms. The number of aliphatic carboxylic acids is 1. The predicted octanol–water partition coefficient (Wildman–Crippen LogP) is 1.90. The fourth-order valence-electron chi connectivity index (χ4n) is 3.53. The summed E-state index contributed by atoms with van der Waals surface area (Å²) >= 11 is 0. The van der Waals surface area contributed by atoms with Gasteiger partial charge in [0.1, 0.15) is 18.1 Å². The number of aliphatic hydroxyl groups is 2. The van der Waals surface area contributed by atoms with E-state index in [4.69, 9.17) is 14.6 Å². The van der Waals surface area contributed by atoms with Crippen LogP contribution < -0.4 is 0 Å². The number of rotatable bonds is 12. The van der Waals surface area contributed by atoms with Gasteiger partial charge in [-0.25, -0.2) is 4.79 Å². The highest BCUT2D eigenvalue weighted by molar-refractivity contribution is 5.80. The van der Waals surface area contributed by atoms with Crippen molar-refractivity contribution < 1.29 is 34.4 Å². The van der Waals surface area contributed by atoms with Crippen LogP contribution in [0, 0.1) is 11.8 Å². The quantitative estimate of drug-likeness (QED) is 0.272. The third kappa shape index (κ3) is 6.70. The predicted molar refractivity (Wildman–Crippen MR) is 95.5 cm³/mol. The zero-order valence-corrected chi connectivity index (χ0v) is 16.1. The number of carbonyl (C=O) groups excluding carboxylic acids is 1. The van der Waals surface area contributed by atoms with E-state index in [0.717, 1.165) is 31.8 Å². The Morgan fingerprint density at radius 3 is 2.62 bits per heavy atom. The number of aliphatic hydroxyl groups excluding tert-OH is 1. The molecule has 26 heavy (non-hydrogen) atoms. The first kappa shape index (κ1) is 22.6. The number of unbranched alkanes of at least 4 members (excludes halogenated alkanes) is 1. The van der Waals surface area contributed by atoms with Crippen LogP contribution in [0.1, 0.15) is 52.9 Å². The minimum absolute atomic E-state index is 0.0634. The van der Waals surface area contributed by atoms with Gasteiger partial charge >= 0.3 is 11.9 Å². The summed E-state index contributed by atoms with van der Waals surface area (Å²) in [6, 6.07) is 0. The normalized spacial score (nSPS) is 25.0. The lowest BCUT2D eigenvalue weighted by Gasteiger charge is -2.35. The average molecular weight is 372 g/mol. The average Bonchev–Trinajstić information content (AvgIpc) is 2.53. The van der Waals surface area contributed by atoms with Crippen LogP contribution in [0.5, 0.6) is 0 Å². The molecule has 1 aliphatic rings. The molecule has 0 spiro atoms. The molecule has 0 amide bonds. The van der Waals surface area contributed by atoms with E-state index in [9.17, 15) is 19.8 Å². The van der Waals surface area contributed by atoms with Gasteiger partial charge in [0.05, 0.1) is 12.2 Å². The minimum Gasteiger partial charge on any atom is -0.478 e. The van der Waals surface area contributed by atoms with Crippen LogP contribution in [0.4, 0.5) is 0 Å². The SMILES string of the molecule is COCC1C(=O)OC1CCCCC(C)CC(C)(O)C(O)C(C)=CC(=O)O. The second-order valence-electron chi connectivity index (χ2n) is 7.62. The molecule has 0 saturated carbocycles. The van der Waals surface area contributed by atoms with Gasteiger partial charge in [-0.2, -0.15) is 0 Å². The number of cyclic esters (lactones) is 1. The number of hydrogen-bond acceptors (Lipinski definition) is 6. The maximum Gasteiger partial charge on any atom is 0.328 e. The molecule has 150 valence electrons. The fourth-order valence-corrected chi connectivity index (χ4v) is 3.53. The fraction of sp³-hybridized carbons (Fsp3) is 0.789. The Hall–Kier alpha value is -1.44. The van der Waals surface area contributed by atoms with E-state index >= 15 is 0 Å². The maximum atomic E-state index is 11.3. The molecule has 0 aromatic rings. The standard InChI is InChI=1S/C19H32O7/c1-12(10-19(3,24)17(22)13(2)9-16(20)21)7-5-6-8-15-14(11-25-4)18(23)26-15/h9,12,14-15,17,22,24H,5-8,10-11H2,1-4H3,(H,20,21). The van der Waals surface area contributed by atoms with Crippen molar-refractivity contribution in [1.29, 1.82) is 0 Å². The summed E-state index contributed by atoms with van der Waals surface area (Å²) in [5, 5.41) is 29.4. The van der Waals surface area contributed by atoms with Crippen molar-refractivity contribution in [3.05, 3.63) is 11.6 Å². The highest BCUT2D eigenvalue weighted by Gasteiger charge is 2.41. The van der Waals surface area contributed by atoms with Crippen LogP contribution in [0.15, 0.2) is 11.6 Å². The van der Waals surface area contributed by atoms with Gasteiger partial charge in [0.25, 0.3) is 0 Å². The van der Waals surface area contributed by atoms with Crippen molar-refractivity contribution in [3.63, 3.8) is 0 Å². The summed E-state index contributed by atoms with van der Waals surface area (Å²) in [6.07, 6.45) is 3.49. The lowest BCUT2D eigenvalue weighted by molar-refractivity contribution is -0.190. The molecule has 1 heterocycles. The van der Waals surface area contributed by atoms with Gasteiger partial charge in [-0.1, -0.05) is 19.8 Å². The van der Waals surface area contributed by atoms with E-state index < -0.39 is 17.7 Å². The monoisotopic (exact) mass is 372 g/mol. The van der Waals surface area contributed by atoms with Crippen LogP contribution in [-0.2, 0) is 19.1 Å². The Bertz CT molecular complexity index is 512. The third-order valence-corrected chi connectivity index (χ3v) is 4.93. The first-order valence-electron chi connectivity index (χ1n) is 9.09. The highest BCUT2D eigenvalue weighted by atomic mass is 16.6.